The van der Waals surface area contributed by atoms with Gasteiger partial charge in [-0.15, -0.1) is 0 Å². The molecule has 1 aromatic heterocycles. The van der Waals surface area contributed by atoms with E-state index >= 15 is 0 Å². The zero-order chi connectivity index (χ0) is 19.7. The number of aryl methyl sites for hydroxylation is 1. The molecule has 0 atom stereocenters. The highest BCUT2D eigenvalue weighted by Gasteiger charge is 2.14. The fourth-order valence-corrected chi connectivity index (χ4v) is 3.60. The summed E-state index contributed by atoms with van der Waals surface area (Å²) in [7, 11) is 0. The van der Waals surface area contributed by atoms with Crippen molar-refractivity contribution in [3.8, 4) is 16.9 Å². The fraction of sp³-hybridized carbons (Fsp3) is 0.0870. The van der Waals surface area contributed by atoms with Gasteiger partial charge in [0.2, 0.25) is 5.43 Å². The Hall–Kier alpha value is -2.37. The van der Waals surface area contributed by atoms with Gasteiger partial charge in [-0.1, -0.05) is 56.1 Å². The minimum atomic E-state index is -0.0412. The van der Waals surface area contributed by atoms with Crippen LogP contribution in [0, 0.1) is 6.92 Å². The summed E-state index contributed by atoms with van der Waals surface area (Å²) in [6.07, 6.45) is 0. The Morgan fingerprint density at radius 3 is 2.21 bits per heavy atom. The monoisotopic (exact) mass is 498 g/mol. The molecule has 0 unspecified atom stereocenters. The van der Waals surface area contributed by atoms with Gasteiger partial charge in [-0.3, -0.25) is 4.79 Å². The molecule has 0 saturated carbocycles. The third-order valence-electron chi connectivity index (χ3n) is 4.49. The van der Waals surface area contributed by atoms with E-state index in [4.69, 9.17) is 9.15 Å². The van der Waals surface area contributed by atoms with Crippen LogP contribution in [0.15, 0.2) is 84.9 Å². The lowest BCUT2D eigenvalue weighted by atomic mass is 10.0. The lowest BCUT2D eigenvalue weighted by Gasteiger charge is -2.10. The predicted molar refractivity (Wildman–Crippen MR) is 119 cm³/mol. The van der Waals surface area contributed by atoms with Gasteiger partial charge < -0.3 is 9.15 Å². The van der Waals surface area contributed by atoms with Gasteiger partial charge in [0, 0.05) is 15.0 Å². The number of benzene rings is 3. The van der Waals surface area contributed by atoms with E-state index in [1.807, 2.05) is 55.5 Å². The molecule has 0 amide bonds. The average molecular weight is 500 g/mol. The van der Waals surface area contributed by atoms with E-state index in [0.717, 1.165) is 20.1 Å². The highest BCUT2D eigenvalue weighted by atomic mass is 79.9. The third kappa shape index (κ3) is 3.91. The lowest BCUT2D eigenvalue weighted by molar-refractivity contribution is 0.306. The quantitative estimate of drug-likeness (QED) is 0.307. The molecule has 4 aromatic rings. The topological polar surface area (TPSA) is 39.4 Å². The van der Waals surface area contributed by atoms with E-state index in [2.05, 4.69) is 31.9 Å². The van der Waals surface area contributed by atoms with Gasteiger partial charge in [0.15, 0.2) is 0 Å². The summed E-state index contributed by atoms with van der Waals surface area (Å²) in [5.41, 5.74) is 2.97. The van der Waals surface area contributed by atoms with E-state index < -0.39 is 0 Å². The summed E-state index contributed by atoms with van der Waals surface area (Å²) in [5.74, 6) is 1.25. The minimum Gasteiger partial charge on any atom is -0.489 e. The van der Waals surface area contributed by atoms with Crippen molar-refractivity contribution in [1.82, 2.24) is 0 Å². The Bertz CT molecular complexity index is 1190. The highest BCUT2D eigenvalue weighted by molar-refractivity contribution is 9.10. The Morgan fingerprint density at radius 2 is 1.54 bits per heavy atom. The van der Waals surface area contributed by atoms with Crippen LogP contribution in [0.5, 0.6) is 5.75 Å². The van der Waals surface area contributed by atoms with E-state index in [1.165, 1.54) is 0 Å². The van der Waals surface area contributed by atoms with E-state index in [9.17, 15) is 4.79 Å². The summed E-state index contributed by atoms with van der Waals surface area (Å²) in [6.45, 7) is 2.26. The van der Waals surface area contributed by atoms with Crippen LogP contribution in [0.4, 0.5) is 0 Å². The van der Waals surface area contributed by atoms with Gasteiger partial charge in [-0.25, -0.2) is 0 Å². The van der Waals surface area contributed by atoms with Crippen LogP contribution < -0.4 is 10.2 Å². The van der Waals surface area contributed by atoms with Gasteiger partial charge in [0.1, 0.15) is 23.7 Å². The normalized spacial score (nSPS) is 11.0. The molecule has 0 aliphatic rings. The molecule has 0 fully saturated rings. The van der Waals surface area contributed by atoms with E-state index in [0.29, 0.717) is 34.6 Å². The van der Waals surface area contributed by atoms with Crippen LogP contribution >= 0.6 is 31.9 Å². The summed E-state index contributed by atoms with van der Waals surface area (Å²) >= 11 is 6.84. The SMILES string of the molecule is Cc1oc2cc(OCc3ccc(Br)cc3)ccc2c(=O)c1-c1ccc(Br)cc1. The van der Waals surface area contributed by atoms with Gasteiger partial charge in [-0.2, -0.15) is 0 Å². The number of fused-ring (bicyclic) bond motifs is 1. The van der Waals surface area contributed by atoms with Crippen LogP contribution in [-0.4, -0.2) is 0 Å². The number of ether oxygens (including phenoxy) is 1. The first kappa shape index (κ1) is 19.0. The van der Waals surface area contributed by atoms with Crippen molar-refractivity contribution in [3.05, 3.63) is 97.2 Å². The van der Waals surface area contributed by atoms with Gasteiger partial charge in [0.05, 0.1) is 10.9 Å². The van der Waals surface area contributed by atoms with Gasteiger partial charge in [0.25, 0.3) is 0 Å². The molecule has 1 heterocycles. The molecular weight excluding hydrogens is 484 g/mol. The smallest absolute Gasteiger partial charge is 0.200 e. The molecule has 3 nitrogen and oxygen atoms in total. The van der Waals surface area contributed by atoms with Crippen LogP contribution in [0.3, 0.4) is 0 Å². The minimum absolute atomic E-state index is 0.0412. The van der Waals surface area contributed by atoms with Crippen molar-refractivity contribution in [2.75, 3.05) is 0 Å². The Kier molecular flexibility index (Phi) is 5.38. The molecule has 4 rings (SSSR count). The molecule has 0 bridgehead atoms. The molecule has 0 radical (unpaired) electrons. The Labute approximate surface area is 179 Å². The molecule has 0 aliphatic carbocycles. The predicted octanol–water partition coefficient (Wildman–Crippen LogP) is 6.87. The van der Waals surface area contributed by atoms with Crippen molar-refractivity contribution < 1.29 is 9.15 Å². The first-order valence-electron chi connectivity index (χ1n) is 8.72. The molecule has 140 valence electrons. The van der Waals surface area contributed by atoms with Crippen molar-refractivity contribution in [2.45, 2.75) is 13.5 Å². The van der Waals surface area contributed by atoms with Crippen molar-refractivity contribution in [1.29, 1.82) is 0 Å². The van der Waals surface area contributed by atoms with Gasteiger partial charge >= 0.3 is 0 Å². The summed E-state index contributed by atoms with van der Waals surface area (Å²) in [5, 5.41) is 0.541. The molecule has 28 heavy (non-hydrogen) atoms. The molecule has 0 spiro atoms. The number of rotatable bonds is 4. The molecular formula is C23H16Br2O3. The molecule has 0 saturated heterocycles. The van der Waals surface area contributed by atoms with Crippen LogP contribution in [0.25, 0.3) is 22.1 Å². The van der Waals surface area contributed by atoms with Crippen LogP contribution in [-0.2, 0) is 6.61 Å². The zero-order valence-corrected chi connectivity index (χ0v) is 18.2. The van der Waals surface area contributed by atoms with E-state index in [1.54, 1.807) is 18.2 Å². The van der Waals surface area contributed by atoms with Crippen LogP contribution in [0.2, 0.25) is 0 Å². The zero-order valence-electron chi connectivity index (χ0n) is 15.0. The fourth-order valence-electron chi connectivity index (χ4n) is 3.07. The maximum atomic E-state index is 13.0. The van der Waals surface area contributed by atoms with Crippen LogP contribution in [0.1, 0.15) is 11.3 Å². The van der Waals surface area contributed by atoms with Gasteiger partial charge in [-0.05, 0) is 54.4 Å². The number of halogens is 2. The van der Waals surface area contributed by atoms with Crippen molar-refractivity contribution in [2.24, 2.45) is 0 Å². The van der Waals surface area contributed by atoms with Crippen molar-refractivity contribution in [3.63, 3.8) is 0 Å². The molecule has 0 N–H and O–H groups in total. The maximum Gasteiger partial charge on any atom is 0.200 e. The standard InChI is InChI=1S/C23H16Br2O3/c1-14-22(16-4-8-18(25)9-5-16)23(26)20-11-10-19(12-21(20)28-14)27-13-15-2-6-17(24)7-3-15/h2-12H,13H2,1H3. The Balaban J connectivity index is 1.67. The molecule has 0 aliphatic heterocycles. The number of hydrogen-bond acceptors (Lipinski definition) is 3. The summed E-state index contributed by atoms with van der Waals surface area (Å²) in [4.78, 5) is 13.0. The second kappa shape index (κ2) is 7.94. The average Bonchev–Trinajstić information content (AvgIpc) is 2.69. The summed E-state index contributed by atoms with van der Waals surface area (Å²) in [6, 6.07) is 20.9. The second-order valence-corrected chi connectivity index (χ2v) is 8.27. The molecule has 5 heteroatoms. The third-order valence-corrected chi connectivity index (χ3v) is 5.55. The highest BCUT2D eigenvalue weighted by Crippen LogP contribution is 2.27. The lowest BCUT2D eigenvalue weighted by Crippen LogP contribution is -2.07. The van der Waals surface area contributed by atoms with E-state index in [-0.39, 0.29) is 5.43 Å². The Morgan fingerprint density at radius 1 is 0.893 bits per heavy atom. The summed E-state index contributed by atoms with van der Waals surface area (Å²) < 4.78 is 13.8. The molecule has 3 aromatic carbocycles. The van der Waals surface area contributed by atoms with Crippen molar-refractivity contribution >= 4 is 42.8 Å². The largest absolute Gasteiger partial charge is 0.489 e. The maximum absolute atomic E-state index is 13.0. The number of hydrogen-bond donors (Lipinski definition) is 0. The first-order chi connectivity index (χ1) is 13.5. The second-order valence-electron chi connectivity index (χ2n) is 6.44. The first-order valence-corrected chi connectivity index (χ1v) is 10.3.